The molecule has 2 aromatic rings. The zero-order chi connectivity index (χ0) is 25.5. The number of ether oxygens (including phenoxy) is 3. The zero-order valence-electron chi connectivity index (χ0n) is 20.3. The van der Waals surface area contributed by atoms with Gasteiger partial charge < -0.3 is 30.3 Å². The number of hydrogen-bond donors (Lipinski definition) is 3. The average Bonchev–Trinajstić information content (AvgIpc) is 2.79. The quantitative estimate of drug-likeness (QED) is 0.363. The van der Waals surface area contributed by atoms with Gasteiger partial charge in [0.1, 0.15) is 17.0 Å². The van der Waals surface area contributed by atoms with Crippen molar-refractivity contribution >= 4 is 23.5 Å². The van der Waals surface area contributed by atoms with Crippen LogP contribution in [0.5, 0.6) is 11.5 Å². The van der Waals surface area contributed by atoms with Crippen molar-refractivity contribution in [2.75, 3.05) is 20.8 Å². The minimum Gasteiger partial charge on any atom is -0.497 e. The Morgan fingerprint density at radius 2 is 1.74 bits per heavy atom. The summed E-state index contributed by atoms with van der Waals surface area (Å²) in [4.78, 5) is 36.8. The second-order valence-corrected chi connectivity index (χ2v) is 8.32. The molecule has 34 heavy (non-hydrogen) atoms. The van der Waals surface area contributed by atoms with E-state index in [4.69, 9.17) is 14.9 Å². The van der Waals surface area contributed by atoms with Crippen molar-refractivity contribution in [2.24, 2.45) is 0 Å². The highest BCUT2D eigenvalue weighted by molar-refractivity contribution is 5.97. The molecular formula is C25H31N3O6. The lowest BCUT2D eigenvalue weighted by Gasteiger charge is -2.23. The highest BCUT2D eigenvalue weighted by atomic mass is 16.5. The van der Waals surface area contributed by atoms with Crippen molar-refractivity contribution in [1.29, 1.82) is 5.41 Å². The van der Waals surface area contributed by atoms with Crippen molar-refractivity contribution < 1.29 is 28.6 Å². The van der Waals surface area contributed by atoms with Crippen LogP contribution in [0, 0.1) is 12.3 Å². The predicted octanol–water partition coefficient (Wildman–Crippen LogP) is 2.77. The van der Waals surface area contributed by atoms with Crippen LogP contribution in [0.25, 0.3) is 0 Å². The van der Waals surface area contributed by atoms with Gasteiger partial charge in [-0.05, 0) is 63.1 Å². The Balaban J connectivity index is 2.15. The van der Waals surface area contributed by atoms with Gasteiger partial charge in [0.15, 0.2) is 6.61 Å². The fraction of sp³-hybridized carbons (Fsp3) is 0.360. The van der Waals surface area contributed by atoms with Crippen molar-refractivity contribution in [1.82, 2.24) is 10.6 Å². The molecule has 0 heterocycles. The Kier molecular flexibility index (Phi) is 8.77. The summed E-state index contributed by atoms with van der Waals surface area (Å²) in [5.74, 6) is -0.469. The molecule has 0 saturated carbocycles. The van der Waals surface area contributed by atoms with E-state index in [0.717, 1.165) is 5.56 Å². The van der Waals surface area contributed by atoms with Crippen molar-refractivity contribution in [2.45, 2.75) is 39.8 Å². The van der Waals surface area contributed by atoms with Crippen LogP contribution in [0.4, 0.5) is 0 Å². The first-order chi connectivity index (χ1) is 16.0. The van der Waals surface area contributed by atoms with E-state index in [2.05, 4.69) is 15.4 Å². The van der Waals surface area contributed by atoms with Gasteiger partial charge in [0.25, 0.3) is 11.8 Å². The Bertz CT molecular complexity index is 1090. The molecule has 3 N–H and O–H groups in total. The predicted molar refractivity (Wildman–Crippen MR) is 128 cm³/mol. The number of carbonyl (C=O) groups is 3. The first-order valence-electron chi connectivity index (χ1n) is 10.6. The number of methoxy groups -OCH3 is 2. The molecular weight excluding hydrogens is 438 g/mol. The maximum Gasteiger partial charge on any atom is 0.330 e. The minimum atomic E-state index is -1.21. The molecule has 0 aliphatic heterocycles. The summed E-state index contributed by atoms with van der Waals surface area (Å²) in [5.41, 5.74) is 1.69. The number of benzene rings is 2. The van der Waals surface area contributed by atoms with Crippen LogP contribution in [-0.4, -0.2) is 49.9 Å². The van der Waals surface area contributed by atoms with Crippen LogP contribution in [0.1, 0.15) is 47.8 Å². The van der Waals surface area contributed by atoms with Gasteiger partial charge >= 0.3 is 5.97 Å². The molecule has 0 saturated heterocycles. The van der Waals surface area contributed by atoms with E-state index in [1.807, 2.05) is 13.0 Å². The van der Waals surface area contributed by atoms with Crippen LogP contribution in [0.2, 0.25) is 0 Å². The lowest BCUT2D eigenvalue weighted by molar-refractivity contribution is -0.149. The molecule has 0 atom stereocenters. The molecule has 9 heteroatoms. The van der Waals surface area contributed by atoms with E-state index in [1.54, 1.807) is 37.3 Å². The summed E-state index contributed by atoms with van der Waals surface area (Å²) in [6.45, 7) is 6.33. The molecule has 2 amide bonds. The van der Waals surface area contributed by atoms with E-state index in [1.165, 1.54) is 28.1 Å². The monoisotopic (exact) mass is 469 g/mol. The molecule has 2 rings (SSSR count). The molecule has 0 fully saturated rings. The van der Waals surface area contributed by atoms with Gasteiger partial charge in [-0.25, -0.2) is 4.79 Å². The number of carbonyl (C=O) groups excluding carboxylic acids is 3. The van der Waals surface area contributed by atoms with E-state index in [0.29, 0.717) is 33.9 Å². The molecule has 0 aromatic heterocycles. The second-order valence-electron chi connectivity index (χ2n) is 8.32. The maximum absolute atomic E-state index is 12.7. The van der Waals surface area contributed by atoms with E-state index in [-0.39, 0.29) is 19.1 Å². The van der Waals surface area contributed by atoms with Crippen molar-refractivity contribution in [3.05, 3.63) is 58.7 Å². The molecule has 2 aromatic carbocycles. The van der Waals surface area contributed by atoms with Crippen LogP contribution in [0.3, 0.4) is 0 Å². The second kappa shape index (κ2) is 11.3. The summed E-state index contributed by atoms with van der Waals surface area (Å²) in [7, 11) is 2.78. The summed E-state index contributed by atoms with van der Waals surface area (Å²) >= 11 is 0. The van der Waals surface area contributed by atoms with E-state index in [9.17, 15) is 14.4 Å². The lowest BCUT2D eigenvalue weighted by atomic mass is 10.1. The first kappa shape index (κ1) is 26.4. The van der Waals surface area contributed by atoms with Gasteiger partial charge in [-0.2, -0.15) is 0 Å². The first-order valence-corrected chi connectivity index (χ1v) is 10.6. The molecule has 182 valence electrons. The van der Waals surface area contributed by atoms with Crippen LogP contribution >= 0.6 is 0 Å². The summed E-state index contributed by atoms with van der Waals surface area (Å²) < 4.78 is 15.6. The molecule has 0 unspecified atom stereocenters. The van der Waals surface area contributed by atoms with Crippen molar-refractivity contribution in [3.63, 3.8) is 0 Å². The third-order valence-electron chi connectivity index (χ3n) is 4.99. The number of esters is 1. The van der Waals surface area contributed by atoms with Crippen molar-refractivity contribution in [3.8, 4) is 11.5 Å². The molecule has 0 spiro atoms. The minimum absolute atomic E-state index is 0.136. The van der Waals surface area contributed by atoms with Crippen LogP contribution in [0.15, 0.2) is 36.4 Å². The highest BCUT2D eigenvalue weighted by Gasteiger charge is 2.30. The Hall–Kier alpha value is -3.88. The van der Waals surface area contributed by atoms with Gasteiger partial charge in [-0.1, -0.05) is 12.1 Å². The number of rotatable bonds is 10. The van der Waals surface area contributed by atoms with E-state index < -0.39 is 17.4 Å². The normalized spacial score (nSPS) is 10.8. The zero-order valence-corrected chi connectivity index (χ0v) is 20.3. The molecule has 0 bridgehead atoms. The smallest absolute Gasteiger partial charge is 0.330 e. The SMILES string of the molecule is COC(=O)C(C)(C)NC(=O)COc1cc(C(C)=N)ccc1CNC(=O)c1cc(C)cc(OC)c1. The van der Waals surface area contributed by atoms with Crippen LogP contribution in [-0.2, 0) is 20.9 Å². The topological polar surface area (TPSA) is 127 Å². The number of nitrogens with one attached hydrogen (secondary N) is 3. The number of aryl methyl sites for hydroxylation is 1. The maximum atomic E-state index is 12.7. The van der Waals surface area contributed by atoms with Gasteiger partial charge in [0.2, 0.25) is 0 Å². The third-order valence-corrected chi connectivity index (χ3v) is 4.99. The number of hydrogen-bond acceptors (Lipinski definition) is 7. The largest absolute Gasteiger partial charge is 0.497 e. The van der Waals surface area contributed by atoms with E-state index >= 15 is 0 Å². The van der Waals surface area contributed by atoms with Gasteiger partial charge in [0.05, 0.1) is 14.2 Å². The molecule has 9 nitrogen and oxygen atoms in total. The lowest BCUT2D eigenvalue weighted by Crippen LogP contribution is -2.51. The summed E-state index contributed by atoms with van der Waals surface area (Å²) in [6.07, 6.45) is 0. The molecule has 0 aliphatic rings. The Labute approximate surface area is 199 Å². The standard InChI is InChI=1S/C25H31N3O6/c1-15-9-19(11-20(10-15)32-5)23(30)27-13-18-8-7-17(16(2)26)12-21(18)34-14-22(29)28-25(3,4)24(31)33-6/h7-12,26H,13-14H2,1-6H3,(H,27,30)(H,28,29). The van der Waals surface area contributed by atoms with Gasteiger partial charge in [-0.3, -0.25) is 9.59 Å². The fourth-order valence-corrected chi connectivity index (χ4v) is 3.18. The molecule has 0 radical (unpaired) electrons. The Morgan fingerprint density at radius 3 is 2.35 bits per heavy atom. The highest BCUT2D eigenvalue weighted by Crippen LogP contribution is 2.22. The fourth-order valence-electron chi connectivity index (χ4n) is 3.18. The van der Waals surface area contributed by atoms with Crippen LogP contribution < -0.4 is 20.1 Å². The third kappa shape index (κ3) is 7.06. The van der Waals surface area contributed by atoms with Gasteiger partial charge in [-0.15, -0.1) is 0 Å². The van der Waals surface area contributed by atoms with Gasteiger partial charge in [0, 0.05) is 23.4 Å². The number of amides is 2. The summed E-state index contributed by atoms with van der Waals surface area (Å²) in [6, 6.07) is 10.3. The molecule has 0 aliphatic carbocycles. The summed E-state index contributed by atoms with van der Waals surface area (Å²) in [5, 5.41) is 13.3. The Morgan fingerprint density at radius 1 is 1.03 bits per heavy atom. The average molecular weight is 470 g/mol.